The van der Waals surface area contributed by atoms with Gasteiger partial charge in [-0.15, -0.1) is 0 Å². The monoisotopic (exact) mass is 194 g/mol. The molecule has 0 heterocycles. The van der Waals surface area contributed by atoms with Crippen molar-refractivity contribution in [3.8, 4) is 0 Å². The molecule has 3 heteroatoms. The maximum atomic E-state index is 12.8. The summed E-state index contributed by atoms with van der Waals surface area (Å²) in [5, 5.41) is 8.68. The summed E-state index contributed by atoms with van der Waals surface area (Å²) in [6, 6.07) is 6.35. The van der Waals surface area contributed by atoms with Crippen LogP contribution in [0.25, 0.3) is 0 Å². The van der Waals surface area contributed by atoms with E-state index in [1.165, 1.54) is 12.1 Å². The molecule has 0 bridgehead atoms. The zero-order valence-corrected chi connectivity index (χ0v) is 7.61. The van der Waals surface area contributed by atoms with E-state index in [2.05, 4.69) is 0 Å². The first-order valence-corrected chi connectivity index (χ1v) is 4.64. The lowest BCUT2D eigenvalue weighted by molar-refractivity contribution is -0.138. The predicted molar refractivity (Wildman–Crippen MR) is 49.3 cm³/mol. The van der Waals surface area contributed by atoms with Gasteiger partial charge in [-0.1, -0.05) is 12.1 Å². The summed E-state index contributed by atoms with van der Waals surface area (Å²) in [6.07, 6.45) is 1.40. The van der Waals surface area contributed by atoms with Gasteiger partial charge in [0.2, 0.25) is 0 Å². The van der Waals surface area contributed by atoms with E-state index in [1.807, 2.05) is 6.07 Å². The third kappa shape index (κ3) is 1.92. The van der Waals surface area contributed by atoms with Gasteiger partial charge in [-0.2, -0.15) is 0 Å². The van der Waals surface area contributed by atoms with Crippen molar-refractivity contribution in [2.24, 2.45) is 11.8 Å². The van der Waals surface area contributed by atoms with Crippen LogP contribution in [0.4, 0.5) is 4.39 Å². The minimum absolute atomic E-state index is 0.203. The van der Waals surface area contributed by atoms with E-state index in [9.17, 15) is 9.18 Å². The summed E-state index contributed by atoms with van der Waals surface area (Å²) < 4.78 is 12.8. The van der Waals surface area contributed by atoms with E-state index in [4.69, 9.17) is 5.11 Å². The maximum Gasteiger partial charge on any atom is 0.306 e. The molecule has 1 N–H and O–H groups in total. The molecule has 74 valence electrons. The number of rotatable bonds is 3. The fourth-order valence-corrected chi connectivity index (χ4v) is 1.74. The maximum absolute atomic E-state index is 12.8. The lowest BCUT2D eigenvalue weighted by Crippen LogP contribution is -2.01. The fraction of sp³-hybridized carbons (Fsp3) is 0.364. The van der Waals surface area contributed by atoms with Gasteiger partial charge in [-0.3, -0.25) is 4.79 Å². The van der Waals surface area contributed by atoms with Crippen LogP contribution in [0.3, 0.4) is 0 Å². The molecule has 1 aliphatic rings. The highest BCUT2D eigenvalue weighted by Gasteiger charge is 2.42. The van der Waals surface area contributed by atoms with Gasteiger partial charge in [0.15, 0.2) is 0 Å². The van der Waals surface area contributed by atoms with Gasteiger partial charge in [-0.05, 0) is 36.5 Å². The molecule has 1 saturated carbocycles. The van der Waals surface area contributed by atoms with Crippen molar-refractivity contribution in [2.75, 3.05) is 0 Å². The number of aliphatic carboxylic acids is 1. The van der Waals surface area contributed by atoms with E-state index in [0.717, 1.165) is 12.0 Å². The Bertz CT molecular complexity index is 362. The molecule has 2 rings (SSSR count). The molecule has 14 heavy (non-hydrogen) atoms. The van der Waals surface area contributed by atoms with E-state index >= 15 is 0 Å². The predicted octanol–water partition coefficient (Wildman–Crippen LogP) is 2.09. The second-order valence-corrected chi connectivity index (χ2v) is 3.77. The van der Waals surface area contributed by atoms with Gasteiger partial charge >= 0.3 is 5.97 Å². The molecular formula is C11H11FO2. The molecule has 2 nitrogen and oxygen atoms in total. The topological polar surface area (TPSA) is 37.3 Å². The van der Waals surface area contributed by atoms with Crippen LogP contribution in [0.2, 0.25) is 0 Å². The Kier molecular flexibility index (Phi) is 2.23. The number of hydrogen-bond acceptors (Lipinski definition) is 1. The molecule has 0 unspecified atom stereocenters. The number of benzene rings is 1. The average Bonchev–Trinajstić information content (AvgIpc) is 2.84. The molecule has 1 fully saturated rings. The second-order valence-electron chi connectivity index (χ2n) is 3.77. The Morgan fingerprint density at radius 3 is 2.93 bits per heavy atom. The average molecular weight is 194 g/mol. The van der Waals surface area contributed by atoms with Gasteiger partial charge in [0.1, 0.15) is 5.82 Å². The first-order chi connectivity index (χ1) is 6.66. The highest BCUT2D eigenvalue weighted by molar-refractivity contribution is 5.73. The fourth-order valence-electron chi connectivity index (χ4n) is 1.74. The Hall–Kier alpha value is -1.38. The number of halogens is 1. The van der Waals surface area contributed by atoms with Crippen molar-refractivity contribution >= 4 is 5.97 Å². The Morgan fingerprint density at radius 2 is 2.36 bits per heavy atom. The standard InChI is InChI=1S/C11H11FO2/c12-9-3-1-2-7(5-9)4-8-6-10(8)11(13)14/h1-3,5,8,10H,4,6H2,(H,13,14)/t8-,10-/m1/s1. The first-order valence-electron chi connectivity index (χ1n) is 4.64. The Balaban J connectivity index is 1.97. The van der Waals surface area contributed by atoms with Crippen LogP contribution in [0.1, 0.15) is 12.0 Å². The molecule has 0 radical (unpaired) electrons. The van der Waals surface area contributed by atoms with Crippen LogP contribution in [0.5, 0.6) is 0 Å². The minimum atomic E-state index is -0.730. The minimum Gasteiger partial charge on any atom is -0.481 e. The van der Waals surface area contributed by atoms with Gasteiger partial charge in [-0.25, -0.2) is 4.39 Å². The molecule has 0 amide bonds. The molecule has 1 aromatic rings. The SMILES string of the molecule is O=C(O)[C@@H]1C[C@H]1Cc1cccc(F)c1. The third-order valence-electron chi connectivity index (χ3n) is 2.63. The van der Waals surface area contributed by atoms with Crippen LogP contribution in [0, 0.1) is 17.7 Å². The zero-order valence-electron chi connectivity index (χ0n) is 7.61. The summed E-state index contributed by atoms with van der Waals surface area (Å²) in [5.41, 5.74) is 0.888. The number of carboxylic acid groups (broad SMARTS) is 1. The van der Waals surface area contributed by atoms with Gasteiger partial charge < -0.3 is 5.11 Å². The normalized spacial score (nSPS) is 24.6. The smallest absolute Gasteiger partial charge is 0.306 e. The number of hydrogen-bond donors (Lipinski definition) is 1. The molecule has 0 saturated heterocycles. The Morgan fingerprint density at radius 1 is 1.57 bits per heavy atom. The number of carbonyl (C=O) groups is 1. The quantitative estimate of drug-likeness (QED) is 0.799. The zero-order chi connectivity index (χ0) is 10.1. The molecule has 1 aliphatic carbocycles. The van der Waals surface area contributed by atoms with Crippen LogP contribution < -0.4 is 0 Å². The molecule has 0 spiro atoms. The van der Waals surface area contributed by atoms with E-state index in [0.29, 0.717) is 6.42 Å². The summed E-state index contributed by atoms with van der Waals surface area (Å²) >= 11 is 0. The van der Waals surface area contributed by atoms with E-state index < -0.39 is 5.97 Å². The van der Waals surface area contributed by atoms with Crippen LogP contribution in [0.15, 0.2) is 24.3 Å². The molecule has 2 atom stereocenters. The van der Waals surface area contributed by atoms with Gasteiger partial charge in [0.05, 0.1) is 5.92 Å². The summed E-state index contributed by atoms with van der Waals surface area (Å²) in [7, 11) is 0. The largest absolute Gasteiger partial charge is 0.481 e. The second kappa shape index (κ2) is 3.40. The first kappa shape index (κ1) is 9.19. The van der Waals surface area contributed by atoms with Crippen LogP contribution >= 0.6 is 0 Å². The van der Waals surface area contributed by atoms with Crippen molar-refractivity contribution in [1.29, 1.82) is 0 Å². The molecule has 1 aromatic carbocycles. The highest BCUT2D eigenvalue weighted by Crippen LogP contribution is 2.41. The van der Waals surface area contributed by atoms with Crippen LogP contribution in [-0.4, -0.2) is 11.1 Å². The summed E-state index contributed by atoms with van der Waals surface area (Å²) in [5.74, 6) is -0.992. The molecule has 0 aromatic heterocycles. The van der Waals surface area contributed by atoms with Gasteiger partial charge in [0, 0.05) is 0 Å². The third-order valence-corrected chi connectivity index (χ3v) is 2.63. The number of carboxylic acids is 1. The van der Waals surface area contributed by atoms with Gasteiger partial charge in [0.25, 0.3) is 0 Å². The lowest BCUT2D eigenvalue weighted by Gasteiger charge is -1.98. The van der Waals surface area contributed by atoms with Crippen molar-refractivity contribution in [1.82, 2.24) is 0 Å². The Labute approximate surface area is 81.4 Å². The molecular weight excluding hydrogens is 183 g/mol. The van der Waals surface area contributed by atoms with Crippen LogP contribution in [-0.2, 0) is 11.2 Å². The lowest BCUT2D eigenvalue weighted by atomic mass is 10.1. The van der Waals surface area contributed by atoms with Crippen molar-refractivity contribution in [2.45, 2.75) is 12.8 Å². The highest BCUT2D eigenvalue weighted by atomic mass is 19.1. The van der Waals surface area contributed by atoms with E-state index in [-0.39, 0.29) is 17.7 Å². The van der Waals surface area contributed by atoms with Crippen molar-refractivity contribution < 1.29 is 14.3 Å². The van der Waals surface area contributed by atoms with Crippen molar-refractivity contribution in [3.05, 3.63) is 35.6 Å². The van der Waals surface area contributed by atoms with Crippen molar-refractivity contribution in [3.63, 3.8) is 0 Å². The molecule has 0 aliphatic heterocycles. The summed E-state index contributed by atoms with van der Waals surface area (Å²) in [4.78, 5) is 10.6. The summed E-state index contributed by atoms with van der Waals surface area (Å²) in [6.45, 7) is 0. The van der Waals surface area contributed by atoms with E-state index in [1.54, 1.807) is 6.07 Å².